The Bertz CT molecular complexity index is 940. The highest BCUT2D eigenvalue weighted by Gasteiger charge is 2.25. The van der Waals surface area contributed by atoms with Gasteiger partial charge in [0.25, 0.3) is 5.91 Å². The van der Waals surface area contributed by atoms with Crippen LogP contribution in [-0.2, 0) is 12.8 Å². The maximum atomic E-state index is 12.7. The van der Waals surface area contributed by atoms with Crippen LogP contribution < -0.4 is 5.32 Å². The van der Waals surface area contributed by atoms with E-state index in [4.69, 9.17) is 0 Å². The number of carbonyl (C=O) groups excluding carboxylic acids is 1. The van der Waals surface area contributed by atoms with E-state index in [9.17, 15) is 4.79 Å². The molecule has 1 aliphatic carbocycles. The van der Waals surface area contributed by atoms with Crippen LogP contribution in [0.25, 0.3) is 11.3 Å². The molecule has 0 radical (unpaired) electrons. The Hall–Kier alpha value is -2.88. The van der Waals surface area contributed by atoms with Gasteiger partial charge >= 0.3 is 0 Å². The molecule has 0 bridgehead atoms. The summed E-state index contributed by atoms with van der Waals surface area (Å²) in [6, 6.07) is 14.2. The van der Waals surface area contributed by atoms with Crippen molar-refractivity contribution in [2.45, 2.75) is 26.7 Å². The van der Waals surface area contributed by atoms with Gasteiger partial charge in [0, 0.05) is 16.8 Å². The van der Waals surface area contributed by atoms with E-state index in [0.717, 1.165) is 40.9 Å². The van der Waals surface area contributed by atoms with Crippen molar-refractivity contribution in [1.82, 2.24) is 10.2 Å². The molecule has 1 aliphatic rings. The summed E-state index contributed by atoms with van der Waals surface area (Å²) in [5.41, 5.74) is 8.08. The minimum absolute atomic E-state index is 0.133. The van der Waals surface area contributed by atoms with Crippen molar-refractivity contribution < 1.29 is 4.79 Å². The number of hydrogen-bond acceptors (Lipinski definition) is 2. The summed E-state index contributed by atoms with van der Waals surface area (Å²) in [6.45, 7) is 4.10. The zero-order valence-corrected chi connectivity index (χ0v) is 13.8. The summed E-state index contributed by atoms with van der Waals surface area (Å²) in [6.07, 6.45) is 1.77. The van der Waals surface area contributed by atoms with E-state index >= 15 is 0 Å². The summed E-state index contributed by atoms with van der Waals surface area (Å²) in [4.78, 5) is 12.7. The fraction of sp³-hybridized carbons (Fsp3) is 0.200. The highest BCUT2D eigenvalue weighted by Crippen LogP contribution is 2.33. The molecule has 120 valence electrons. The van der Waals surface area contributed by atoms with E-state index in [1.54, 1.807) is 0 Å². The molecule has 0 saturated heterocycles. The predicted octanol–water partition coefficient (Wildman–Crippen LogP) is 4.04. The zero-order chi connectivity index (χ0) is 16.7. The number of benzene rings is 2. The van der Waals surface area contributed by atoms with Gasteiger partial charge in [0.2, 0.25) is 0 Å². The molecule has 4 nitrogen and oxygen atoms in total. The summed E-state index contributed by atoms with van der Waals surface area (Å²) in [7, 11) is 0. The molecule has 1 amide bonds. The Kier molecular flexibility index (Phi) is 3.45. The average Bonchev–Trinajstić information content (AvgIpc) is 3.03. The molecule has 0 spiro atoms. The number of amides is 1. The van der Waals surface area contributed by atoms with Crippen molar-refractivity contribution in [3.05, 3.63) is 70.4 Å². The molecule has 1 aromatic heterocycles. The second-order valence-electron chi connectivity index (χ2n) is 6.34. The van der Waals surface area contributed by atoms with Gasteiger partial charge in [-0.1, -0.05) is 30.3 Å². The molecule has 24 heavy (non-hydrogen) atoms. The van der Waals surface area contributed by atoms with Crippen LogP contribution in [0.2, 0.25) is 0 Å². The number of nitrogens with zero attached hydrogens (tertiary/aromatic N) is 1. The number of rotatable bonds is 2. The lowest BCUT2D eigenvalue weighted by molar-refractivity contribution is 0.102. The molecule has 0 unspecified atom stereocenters. The Labute approximate surface area is 140 Å². The second-order valence-corrected chi connectivity index (χ2v) is 6.34. The van der Waals surface area contributed by atoms with Gasteiger partial charge in [-0.2, -0.15) is 5.10 Å². The summed E-state index contributed by atoms with van der Waals surface area (Å²) in [5, 5.41) is 10.3. The largest absolute Gasteiger partial charge is 0.321 e. The third kappa shape index (κ3) is 2.40. The first-order valence-electron chi connectivity index (χ1n) is 8.17. The quantitative estimate of drug-likeness (QED) is 0.749. The minimum Gasteiger partial charge on any atom is -0.321 e. The molecule has 0 aliphatic heterocycles. The van der Waals surface area contributed by atoms with Crippen molar-refractivity contribution in [3.63, 3.8) is 0 Å². The van der Waals surface area contributed by atoms with Gasteiger partial charge < -0.3 is 5.32 Å². The zero-order valence-electron chi connectivity index (χ0n) is 13.8. The highest BCUT2D eigenvalue weighted by atomic mass is 16.1. The molecule has 2 N–H and O–H groups in total. The van der Waals surface area contributed by atoms with E-state index in [2.05, 4.69) is 34.6 Å². The summed E-state index contributed by atoms with van der Waals surface area (Å²) >= 11 is 0. The van der Waals surface area contributed by atoms with Gasteiger partial charge in [0.1, 0.15) is 5.69 Å². The number of hydrogen-bond donors (Lipinski definition) is 2. The van der Waals surface area contributed by atoms with E-state index in [-0.39, 0.29) is 5.91 Å². The Morgan fingerprint density at radius 1 is 1.08 bits per heavy atom. The van der Waals surface area contributed by atoms with Crippen molar-refractivity contribution in [2.24, 2.45) is 0 Å². The molecule has 1 heterocycles. The van der Waals surface area contributed by atoms with Gasteiger partial charge in [0.05, 0.1) is 5.69 Å². The highest BCUT2D eigenvalue weighted by molar-refractivity contribution is 6.05. The molecular formula is C20H19N3O. The average molecular weight is 317 g/mol. The summed E-state index contributed by atoms with van der Waals surface area (Å²) < 4.78 is 0. The molecule has 0 fully saturated rings. The van der Waals surface area contributed by atoms with Crippen molar-refractivity contribution in [3.8, 4) is 11.3 Å². The van der Waals surface area contributed by atoms with Crippen LogP contribution in [0.15, 0.2) is 42.5 Å². The second kappa shape index (κ2) is 5.64. The number of nitrogens with one attached hydrogen (secondary N) is 2. The van der Waals surface area contributed by atoms with Crippen molar-refractivity contribution in [1.29, 1.82) is 0 Å². The molecule has 2 aromatic carbocycles. The van der Waals surface area contributed by atoms with Gasteiger partial charge in [0.15, 0.2) is 0 Å². The maximum Gasteiger partial charge on any atom is 0.273 e. The standard InChI is InChI=1S/C20H19N3O/c1-12-7-9-15(11-13(12)2)21-20(24)19-17-10-8-14-5-3-4-6-16(14)18(17)22-23-19/h3-7,9,11H,8,10H2,1-2H3,(H,21,24)(H,22,23). The van der Waals surface area contributed by atoms with E-state index in [1.807, 2.05) is 37.3 Å². The molecule has 4 rings (SSSR count). The van der Waals surface area contributed by atoms with Crippen LogP contribution in [0.1, 0.15) is 32.7 Å². The Morgan fingerprint density at radius 2 is 1.92 bits per heavy atom. The predicted molar refractivity (Wildman–Crippen MR) is 95.3 cm³/mol. The van der Waals surface area contributed by atoms with Crippen LogP contribution in [-0.4, -0.2) is 16.1 Å². The van der Waals surface area contributed by atoms with Gasteiger partial charge in [-0.15, -0.1) is 0 Å². The molecular weight excluding hydrogens is 298 g/mol. The van der Waals surface area contributed by atoms with Crippen LogP contribution >= 0.6 is 0 Å². The van der Waals surface area contributed by atoms with Crippen molar-refractivity contribution >= 4 is 11.6 Å². The molecule has 0 atom stereocenters. The van der Waals surface area contributed by atoms with Crippen LogP contribution in [0.3, 0.4) is 0 Å². The molecule has 4 heteroatoms. The van der Waals surface area contributed by atoms with E-state index < -0.39 is 0 Å². The van der Waals surface area contributed by atoms with Crippen molar-refractivity contribution in [2.75, 3.05) is 5.32 Å². The third-order valence-electron chi connectivity index (χ3n) is 4.78. The number of aromatic nitrogens is 2. The molecule has 0 saturated carbocycles. The number of H-pyrrole nitrogens is 1. The maximum absolute atomic E-state index is 12.7. The summed E-state index contributed by atoms with van der Waals surface area (Å²) in [5.74, 6) is -0.133. The monoisotopic (exact) mass is 317 g/mol. The first-order chi connectivity index (χ1) is 11.6. The smallest absolute Gasteiger partial charge is 0.273 e. The fourth-order valence-electron chi connectivity index (χ4n) is 3.26. The Balaban J connectivity index is 1.65. The number of aryl methyl sites for hydroxylation is 3. The first kappa shape index (κ1) is 14.7. The van der Waals surface area contributed by atoms with Crippen LogP contribution in [0.4, 0.5) is 5.69 Å². The lowest BCUT2D eigenvalue weighted by atomic mass is 9.89. The SMILES string of the molecule is Cc1ccc(NC(=O)c2[nH]nc3c2CCc2ccccc2-3)cc1C. The lowest BCUT2D eigenvalue weighted by Crippen LogP contribution is -2.16. The number of anilines is 1. The van der Waals surface area contributed by atoms with Crippen LogP contribution in [0.5, 0.6) is 0 Å². The topological polar surface area (TPSA) is 57.8 Å². The van der Waals surface area contributed by atoms with Crippen LogP contribution in [0, 0.1) is 13.8 Å². The number of aromatic amines is 1. The molecule has 3 aromatic rings. The van der Waals surface area contributed by atoms with Gasteiger partial charge in [-0.05, 0) is 55.5 Å². The lowest BCUT2D eigenvalue weighted by Gasteiger charge is -2.15. The van der Waals surface area contributed by atoms with Gasteiger partial charge in [-0.3, -0.25) is 9.89 Å². The fourth-order valence-corrected chi connectivity index (χ4v) is 3.26. The third-order valence-corrected chi connectivity index (χ3v) is 4.78. The van der Waals surface area contributed by atoms with E-state index in [0.29, 0.717) is 5.69 Å². The number of fused-ring (bicyclic) bond motifs is 3. The Morgan fingerprint density at radius 3 is 2.75 bits per heavy atom. The number of carbonyl (C=O) groups is 1. The van der Waals surface area contributed by atoms with E-state index in [1.165, 1.54) is 11.1 Å². The normalized spacial score (nSPS) is 12.4. The first-order valence-corrected chi connectivity index (χ1v) is 8.17. The van der Waals surface area contributed by atoms with Gasteiger partial charge in [-0.25, -0.2) is 0 Å². The minimum atomic E-state index is -0.133.